The van der Waals surface area contributed by atoms with Crippen LogP contribution in [0.4, 0.5) is 0 Å². The zero-order valence-corrected chi connectivity index (χ0v) is 43.0. The van der Waals surface area contributed by atoms with E-state index >= 15 is 0 Å². The van der Waals surface area contributed by atoms with Crippen molar-refractivity contribution in [3.05, 3.63) is 24.3 Å². The number of esters is 1. The summed E-state index contributed by atoms with van der Waals surface area (Å²) < 4.78 is 5.49. The highest BCUT2D eigenvalue weighted by Gasteiger charge is 2.18. The molecule has 0 bridgehead atoms. The Morgan fingerprint density at radius 2 is 0.734 bits per heavy atom. The second kappa shape index (κ2) is 54.0. The Bertz CT molecular complexity index is 997. The fourth-order valence-electron chi connectivity index (χ4n) is 8.81. The SMILES string of the molecule is CCCCCCCCC/C=C/C(O)C(CO)NC(=O)CCCCCCCCC/C=C\CCCCCCCCCCCOC(=O)CCCCCCCCCCCCCCCCCCCC. The number of hydrogen-bond donors (Lipinski definition) is 3. The minimum atomic E-state index is -0.847. The molecule has 0 aromatic carbocycles. The van der Waals surface area contributed by atoms with Crippen LogP contribution in [0.15, 0.2) is 24.3 Å². The van der Waals surface area contributed by atoms with Crippen molar-refractivity contribution in [1.29, 1.82) is 0 Å². The summed E-state index contributed by atoms with van der Waals surface area (Å²) in [5, 5.41) is 22.9. The molecule has 0 spiro atoms. The quantitative estimate of drug-likeness (QED) is 0.0321. The molecule has 0 radical (unpaired) electrons. The molecular weight excluding hydrogens is 791 g/mol. The van der Waals surface area contributed by atoms with Crippen molar-refractivity contribution in [2.75, 3.05) is 13.2 Å². The monoisotopic (exact) mass is 902 g/mol. The number of unbranched alkanes of at least 4 members (excludes halogenated alkanes) is 40. The minimum Gasteiger partial charge on any atom is -0.466 e. The fraction of sp³-hybridized carbons (Fsp3) is 0.897. The second-order valence-electron chi connectivity index (χ2n) is 19.6. The number of aliphatic hydroxyl groups excluding tert-OH is 2. The summed E-state index contributed by atoms with van der Waals surface area (Å²) in [7, 11) is 0. The topological polar surface area (TPSA) is 95.9 Å². The lowest BCUT2D eigenvalue weighted by Gasteiger charge is -2.20. The van der Waals surface area contributed by atoms with Crippen LogP contribution < -0.4 is 5.32 Å². The number of carbonyl (C=O) groups excluding carboxylic acids is 2. The standard InChI is InChI=1S/C58H111NO5/c1-3-5-7-9-11-13-14-15-16-17-23-26-29-32-36-40-44-48-52-58(63)64-53-49-45-41-37-33-30-27-24-21-19-18-20-22-25-28-31-35-39-43-47-51-57(62)59-55(54-60)56(61)50-46-42-38-34-12-10-8-6-4-2/h18,20,46,50,55-56,60-61H,3-17,19,21-45,47-49,51-54H2,1-2H3,(H,59,62)/b20-18-,50-46+. The van der Waals surface area contributed by atoms with E-state index in [1.807, 2.05) is 6.08 Å². The number of nitrogens with one attached hydrogen (secondary N) is 1. The van der Waals surface area contributed by atoms with Gasteiger partial charge in [-0.25, -0.2) is 0 Å². The van der Waals surface area contributed by atoms with Crippen LogP contribution in [0.3, 0.4) is 0 Å². The average Bonchev–Trinajstić information content (AvgIpc) is 3.29. The van der Waals surface area contributed by atoms with Crippen LogP contribution in [-0.4, -0.2) is 47.4 Å². The van der Waals surface area contributed by atoms with Gasteiger partial charge in [0.05, 0.1) is 25.4 Å². The van der Waals surface area contributed by atoms with E-state index in [2.05, 4.69) is 31.3 Å². The predicted octanol–water partition coefficient (Wildman–Crippen LogP) is 17.5. The molecule has 0 saturated heterocycles. The highest BCUT2D eigenvalue weighted by atomic mass is 16.5. The van der Waals surface area contributed by atoms with Crippen molar-refractivity contribution < 1.29 is 24.5 Å². The highest BCUT2D eigenvalue weighted by molar-refractivity contribution is 5.76. The number of aliphatic hydroxyl groups is 2. The van der Waals surface area contributed by atoms with Crippen LogP contribution in [0.2, 0.25) is 0 Å². The normalized spacial score (nSPS) is 12.8. The predicted molar refractivity (Wildman–Crippen MR) is 278 cm³/mol. The first-order chi connectivity index (χ1) is 31.5. The number of ether oxygens (including phenoxy) is 1. The molecule has 3 N–H and O–H groups in total. The van der Waals surface area contributed by atoms with Crippen molar-refractivity contribution in [3.8, 4) is 0 Å². The molecule has 378 valence electrons. The molecule has 0 saturated carbocycles. The lowest BCUT2D eigenvalue weighted by atomic mass is 10.0. The zero-order valence-electron chi connectivity index (χ0n) is 43.0. The molecule has 0 aliphatic carbocycles. The van der Waals surface area contributed by atoms with Gasteiger partial charge in [-0.3, -0.25) is 9.59 Å². The molecule has 6 heteroatoms. The van der Waals surface area contributed by atoms with Crippen molar-refractivity contribution >= 4 is 11.9 Å². The Kier molecular flexibility index (Phi) is 52.6. The summed E-state index contributed by atoms with van der Waals surface area (Å²) in [4.78, 5) is 24.4. The first kappa shape index (κ1) is 62.3. The van der Waals surface area contributed by atoms with Crippen LogP contribution in [0.5, 0.6) is 0 Å². The molecular formula is C58H111NO5. The molecule has 2 unspecified atom stereocenters. The van der Waals surface area contributed by atoms with Crippen molar-refractivity contribution in [2.45, 2.75) is 321 Å². The minimum absolute atomic E-state index is 0.00967. The molecule has 2 atom stereocenters. The van der Waals surface area contributed by atoms with E-state index in [1.54, 1.807) is 6.08 Å². The Morgan fingerprint density at radius 1 is 0.422 bits per heavy atom. The maximum atomic E-state index is 12.4. The number of rotatable bonds is 53. The van der Waals surface area contributed by atoms with Gasteiger partial charge in [0.1, 0.15) is 0 Å². The van der Waals surface area contributed by atoms with Gasteiger partial charge in [0.2, 0.25) is 5.91 Å². The lowest BCUT2D eigenvalue weighted by Crippen LogP contribution is -2.45. The Labute approximate surface area is 399 Å². The molecule has 0 aliphatic rings. The lowest BCUT2D eigenvalue weighted by molar-refractivity contribution is -0.143. The van der Waals surface area contributed by atoms with Crippen molar-refractivity contribution in [2.24, 2.45) is 0 Å². The third-order valence-electron chi connectivity index (χ3n) is 13.2. The van der Waals surface area contributed by atoms with Gasteiger partial charge >= 0.3 is 5.97 Å². The van der Waals surface area contributed by atoms with Crippen LogP contribution >= 0.6 is 0 Å². The van der Waals surface area contributed by atoms with Crippen LogP contribution in [0, 0.1) is 0 Å². The first-order valence-corrected chi connectivity index (χ1v) is 28.6. The van der Waals surface area contributed by atoms with E-state index in [0.717, 1.165) is 44.9 Å². The molecule has 6 nitrogen and oxygen atoms in total. The maximum Gasteiger partial charge on any atom is 0.305 e. The Morgan fingerprint density at radius 3 is 1.11 bits per heavy atom. The van der Waals surface area contributed by atoms with E-state index in [-0.39, 0.29) is 18.5 Å². The van der Waals surface area contributed by atoms with Crippen molar-refractivity contribution in [3.63, 3.8) is 0 Å². The smallest absolute Gasteiger partial charge is 0.305 e. The third kappa shape index (κ3) is 49.8. The van der Waals surface area contributed by atoms with Gasteiger partial charge in [-0.05, 0) is 57.8 Å². The zero-order chi connectivity index (χ0) is 46.5. The molecule has 64 heavy (non-hydrogen) atoms. The van der Waals surface area contributed by atoms with E-state index < -0.39 is 12.1 Å². The Hall–Kier alpha value is -1.66. The molecule has 1 amide bonds. The number of hydrogen-bond acceptors (Lipinski definition) is 5. The first-order valence-electron chi connectivity index (χ1n) is 28.6. The van der Waals surface area contributed by atoms with E-state index in [9.17, 15) is 19.8 Å². The van der Waals surface area contributed by atoms with Gasteiger partial charge in [0, 0.05) is 12.8 Å². The maximum absolute atomic E-state index is 12.4. The molecule has 0 rings (SSSR count). The average molecular weight is 903 g/mol. The molecule has 0 aliphatic heterocycles. The van der Waals surface area contributed by atoms with E-state index in [0.29, 0.717) is 19.4 Å². The molecule has 0 aromatic rings. The fourth-order valence-corrected chi connectivity index (χ4v) is 8.81. The van der Waals surface area contributed by atoms with Gasteiger partial charge in [-0.2, -0.15) is 0 Å². The summed E-state index contributed by atoms with van der Waals surface area (Å²) >= 11 is 0. The summed E-state index contributed by atoms with van der Waals surface area (Å²) in [5.41, 5.74) is 0. The highest BCUT2D eigenvalue weighted by Crippen LogP contribution is 2.17. The molecule has 0 aromatic heterocycles. The Balaban J connectivity index is 3.39. The van der Waals surface area contributed by atoms with Gasteiger partial charge in [0.25, 0.3) is 0 Å². The molecule has 0 fully saturated rings. The van der Waals surface area contributed by atoms with Crippen molar-refractivity contribution in [1.82, 2.24) is 5.32 Å². The van der Waals surface area contributed by atoms with Gasteiger partial charge < -0.3 is 20.3 Å². The molecule has 0 heterocycles. The summed E-state index contributed by atoms with van der Waals surface area (Å²) in [6.45, 7) is 4.88. The van der Waals surface area contributed by atoms with E-state index in [1.165, 1.54) is 238 Å². The van der Waals surface area contributed by atoms with Gasteiger partial charge in [0.15, 0.2) is 0 Å². The number of allylic oxidation sites excluding steroid dienone is 3. The summed E-state index contributed by atoms with van der Waals surface area (Å²) in [6, 6.07) is -0.631. The summed E-state index contributed by atoms with van der Waals surface area (Å²) in [5.74, 6) is -0.0693. The van der Waals surface area contributed by atoms with Crippen LogP contribution in [0.1, 0.15) is 309 Å². The largest absolute Gasteiger partial charge is 0.466 e. The van der Waals surface area contributed by atoms with Crippen LogP contribution in [-0.2, 0) is 14.3 Å². The number of amides is 1. The van der Waals surface area contributed by atoms with Crippen LogP contribution in [0.25, 0.3) is 0 Å². The number of carbonyl (C=O) groups is 2. The van der Waals surface area contributed by atoms with Gasteiger partial charge in [-0.1, -0.05) is 263 Å². The second-order valence-corrected chi connectivity index (χ2v) is 19.6. The summed E-state index contributed by atoms with van der Waals surface area (Å²) in [6.07, 6.45) is 65.0. The van der Waals surface area contributed by atoms with E-state index in [4.69, 9.17) is 4.74 Å². The van der Waals surface area contributed by atoms with Gasteiger partial charge in [-0.15, -0.1) is 0 Å². The third-order valence-corrected chi connectivity index (χ3v) is 13.2.